The first-order valence-corrected chi connectivity index (χ1v) is 22.4. The van der Waals surface area contributed by atoms with Crippen LogP contribution < -0.4 is 0 Å². The van der Waals surface area contributed by atoms with Crippen molar-refractivity contribution in [3.8, 4) is 66.8 Å². The van der Waals surface area contributed by atoms with Crippen molar-refractivity contribution in [3.05, 3.63) is 215 Å². The van der Waals surface area contributed by atoms with E-state index in [2.05, 4.69) is 210 Å². The van der Waals surface area contributed by atoms with Crippen LogP contribution in [0.25, 0.3) is 99.5 Å². The third-order valence-corrected chi connectivity index (χ3v) is 15.1. The van der Waals surface area contributed by atoms with Crippen LogP contribution in [0.2, 0.25) is 0 Å². The summed E-state index contributed by atoms with van der Waals surface area (Å²) in [6.45, 7) is 9.61. The van der Waals surface area contributed by atoms with Crippen LogP contribution in [0.15, 0.2) is 188 Å². The predicted octanol–water partition coefficient (Wildman–Crippen LogP) is 16.9. The summed E-state index contributed by atoms with van der Waals surface area (Å²) in [7, 11) is 0. The average Bonchev–Trinajstić information content (AvgIpc) is 3.86. The van der Waals surface area contributed by atoms with Gasteiger partial charge in [0, 0.05) is 10.8 Å². The molecule has 0 saturated heterocycles. The van der Waals surface area contributed by atoms with E-state index >= 15 is 0 Å². The Kier molecular flexibility index (Phi) is 7.35. The van der Waals surface area contributed by atoms with Gasteiger partial charge in [-0.25, -0.2) is 0 Å². The lowest BCUT2D eigenvalue weighted by molar-refractivity contribution is 0.652. The van der Waals surface area contributed by atoms with Gasteiger partial charge in [-0.1, -0.05) is 179 Å². The van der Waals surface area contributed by atoms with Crippen LogP contribution in [-0.2, 0) is 10.8 Å². The lowest BCUT2D eigenvalue weighted by atomic mass is 9.78. The molecule has 4 aliphatic rings. The van der Waals surface area contributed by atoms with Crippen LogP contribution in [0.1, 0.15) is 68.4 Å². The number of allylic oxidation sites excluding steroid dienone is 4. The van der Waals surface area contributed by atoms with Crippen LogP contribution in [0.3, 0.4) is 0 Å². The SMILES string of the molecule is CC1(C)C2=C(CCC(c3ccc4c(c3)-c3cc(-c5ccccc5)cc5c(-c6ccc7c(c6)C(C)(C)c6ccccc6-7)c6ccc(-c7ccccc7)cc6c-4c35)=C2)c2ccccc21. The van der Waals surface area contributed by atoms with Crippen molar-refractivity contribution < 1.29 is 0 Å². The van der Waals surface area contributed by atoms with Gasteiger partial charge in [0.25, 0.3) is 0 Å². The highest BCUT2D eigenvalue weighted by Crippen LogP contribution is 2.58. The average molecular weight is 791 g/mol. The second kappa shape index (κ2) is 12.8. The maximum atomic E-state index is 2.55. The maximum Gasteiger partial charge on any atom is 0.0159 e. The molecule has 9 aromatic rings. The van der Waals surface area contributed by atoms with Crippen LogP contribution in [-0.4, -0.2) is 0 Å². The Morgan fingerprint density at radius 2 is 0.935 bits per heavy atom. The van der Waals surface area contributed by atoms with Crippen molar-refractivity contribution in [2.45, 2.75) is 51.4 Å². The minimum Gasteiger partial charge on any atom is -0.0622 e. The Bertz CT molecular complexity index is 3480. The van der Waals surface area contributed by atoms with E-state index in [0.29, 0.717) is 0 Å². The third kappa shape index (κ3) is 4.90. The summed E-state index contributed by atoms with van der Waals surface area (Å²) in [4.78, 5) is 0. The van der Waals surface area contributed by atoms with E-state index in [-0.39, 0.29) is 10.8 Å². The Morgan fingerprint density at radius 3 is 1.71 bits per heavy atom. The van der Waals surface area contributed by atoms with Gasteiger partial charge in [-0.05, 0) is 176 Å². The molecule has 13 rings (SSSR count). The molecule has 0 radical (unpaired) electrons. The highest BCUT2D eigenvalue weighted by Gasteiger charge is 2.39. The van der Waals surface area contributed by atoms with E-state index < -0.39 is 0 Å². The lowest BCUT2D eigenvalue weighted by Gasteiger charge is -2.26. The van der Waals surface area contributed by atoms with Gasteiger partial charge in [-0.2, -0.15) is 0 Å². The van der Waals surface area contributed by atoms with Gasteiger partial charge < -0.3 is 0 Å². The Hall–Kier alpha value is -7.02. The summed E-state index contributed by atoms with van der Waals surface area (Å²) < 4.78 is 0. The Labute approximate surface area is 364 Å². The second-order valence-electron chi connectivity index (χ2n) is 19.1. The fourth-order valence-corrected chi connectivity index (χ4v) is 12.0. The summed E-state index contributed by atoms with van der Waals surface area (Å²) in [6.07, 6.45) is 4.66. The quantitative estimate of drug-likeness (QED) is 0.156. The molecule has 0 N–H and O–H groups in total. The molecule has 0 saturated carbocycles. The fraction of sp³-hybridized carbons (Fsp3) is 0.129. The number of benzene rings is 9. The van der Waals surface area contributed by atoms with Crippen molar-refractivity contribution in [1.29, 1.82) is 0 Å². The molecule has 0 heteroatoms. The second-order valence-corrected chi connectivity index (χ2v) is 19.1. The molecule has 0 unspecified atom stereocenters. The van der Waals surface area contributed by atoms with Crippen LogP contribution in [0, 0.1) is 0 Å². The Balaban J connectivity index is 1.09. The first-order chi connectivity index (χ1) is 30.3. The highest BCUT2D eigenvalue weighted by molar-refractivity contribution is 6.30. The molecule has 294 valence electrons. The summed E-state index contributed by atoms with van der Waals surface area (Å²) >= 11 is 0. The van der Waals surface area contributed by atoms with Crippen LogP contribution >= 0.6 is 0 Å². The predicted molar refractivity (Wildman–Crippen MR) is 263 cm³/mol. The van der Waals surface area contributed by atoms with Crippen molar-refractivity contribution in [2.24, 2.45) is 0 Å². The molecule has 0 amide bonds. The zero-order chi connectivity index (χ0) is 41.5. The van der Waals surface area contributed by atoms with E-state index in [0.717, 1.165) is 12.8 Å². The zero-order valence-electron chi connectivity index (χ0n) is 35.7. The van der Waals surface area contributed by atoms with Gasteiger partial charge in [-0.3, -0.25) is 0 Å². The minimum absolute atomic E-state index is 0.0118. The zero-order valence-corrected chi connectivity index (χ0v) is 35.7. The Morgan fingerprint density at radius 1 is 0.339 bits per heavy atom. The van der Waals surface area contributed by atoms with Gasteiger partial charge in [-0.15, -0.1) is 0 Å². The number of fused-ring (bicyclic) bond motifs is 10. The van der Waals surface area contributed by atoms with Crippen molar-refractivity contribution in [2.75, 3.05) is 0 Å². The first kappa shape index (κ1) is 35.7. The lowest BCUT2D eigenvalue weighted by Crippen LogP contribution is -2.17. The van der Waals surface area contributed by atoms with Crippen LogP contribution in [0.4, 0.5) is 0 Å². The topological polar surface area (TPSA) is 0 Å². The molecule has 0 heterocycles. The molecule has 9 aromatic carbocycles. The fourth-order valence-electron chi connectivity index (χ4n) is 12.0. The molecular formula is C62H46. The van der Waals surface area contributed by atoms with Crippen LogP contribution in [0.5, 0.6) is 0 Å². The minimum atomic E-state index is -0.101. The van der Waals surface area contributed by atoms with Crippen molar-refractivity contribution >= 4 is 32.7 Å². The largest absolute Gasteiger partial charge is 0.0622 e. The molecule has 4 aliphatic carbocycles. The molecule has 0 bridgehead atoms. The summed E-state index contributed by atoms with van der Waals surface area (Å²) in [5.41, 5.74) is 27.0. The summed E-state index contributed by atoms with van der Waals surface area (Å²) in [5.74, 6) is 0. The molecular weight excluding hydrogens is 745 g/mol. The van der Waals surface area contributed by atoms with Crippen molar-refractivity contribution in [1.82, 2.24) is 0 Å². The highest BCUT2D eigenvalue weighted by atomic mass is 14.4. The van der Waals surface area contributed by atoms with E-state index in [4.69, 9.17) is 0 Å². The van der Waals surface area contributed by atoms with Gasteiger partial charge >= 0.3 is 0 Å². The van der Waals surface area contributed by atoms with Gasteiger partial charge in [0.15, 0.2) is 0 Å². The monoisotopic (exact) mass is 790 g/mol. The first-order valence-electron chi connectivity index (χ1n) is 22.4. The molecule has 0 fully saturated rings. The molecule has 0 aromatic heterocycles. The van der Waals surface area contributed by atoms with Gasteiger partial charge in [0.05, 0.1) is 0 Å². The molecule has 0 atom stereocenters. The molecule has 62 heavy (non-hydrogen) atoms. The normalized spacial score (nSPS) is 15.9. The van der Waals surface area contributed by atoms with Gasteiger partial charge in [0.2, 0.25) is 0 Å². The standard InChI is InChI=1S/C62H46/c1-61(2)54-21-13-11-19-44(54)46-27-23-41(35-56(46)61)40-25-29-48-50(31-40)52-33-43(38-17-9-6-10-18-38)34-53-58(42-26-28-47-45-20-12-14-22-55(45)62(3,4)57(47)36-42)49-30-24-39(37-15-7-5-8-16-37)32-51(49)59(48)60(52)53/h5-22,24-26,28-36H,23,27H2,1-4H3. The number of hydrogen-bond acceptors (Lipinski definition) is 0. The van der Waals surface area contributed by atoms with E-state index in [9.17, 15) is 0 Å². The maximum absolute atomic E-state index is 2.55. The third-order valence-electron chi connectivity index (χ3n) is 15.1. The number of hydrogen-bond donors (Lipinski definition) is 0. The van der Waals surface area contributed by atoms with Crippen molar-refractivity contribution in [3.63, 3.8) is 0 Å². The molecule has 0 spiro atoms. The molecule has 0 aliphatic heterocycles. The molecule has 0 nitrogen and oxygen atoms in total. The van der Waals surface area contributed by atoms with E-state index in [1.807, 2.05) is 0 Å². The van der Waals surface area contributed by atoms with Gasteiger partial charge in [0.1, 0.15) is 0 Å². The summed E-state index contributed by atoms with van der Waals surface area (Å²) in [5, 5.41) is 5.29. The van der Waals surface area contributed by atoms with E-state index in [1.165, 1.54) is 133 Å². The number of rotatable bonds is 4. The smallest absolute Gasteiger partial charge is 0.0159 e. The van der Waals surface area contributed by atoms with E-state index in [1.54, 1.807) is 0 Å². The summed E-state index contributed by atoms with van der Waals surface area (Å²) in [6, 6.07) is 66.9.